The summed E-state index contributed by atoms with van der Waals surface area (Å²) in [7, 11) is 0. The molecule has 2 aliphatic carbocycles. The number of amides is 1. The van der Waals surface area contributed by atoms with Crippen LogP contribution in [0, 0.1) is 5.92 Å². The van der Waals surface area contributed by atoms with Gasteiger partial charge in [-0.25, -0.2) is 0 Å². The maximum Gasteiger partial charge on any atom is 0.285 e. The highest BCUT2D eigenvalue weighted by Crippen LogP contribution is 2.36. The van der Waals surface area contributed by atoms with Crippen LogP contribution in [0.25, 0.3) is 0 Å². The minimum absolute atomic E-state index is 0.0800. The van der Waals surface area contributed by atoms with Crippen molar-refractivity contribution < 1.29 is 4.79 Å². The Morgan fingerprint density at radius 2 is 2.16 bits per heavy atom. The number of aromatic nitrogens is 2. The number of carbonyl (C=O) groups excluding carboxylic acids is 1. The van der Waals surface area contributed by atoms with E-state index in [9.17, 15) is 4.79 Å². The first-order chi connectivity index (χ1) is 9.28. The second kappa shape index (κ2) is 5.45. The summed E-state index contributed by atoms with van der Waals surface area (Å²) in [6.45, 7) is 3.89. The lowest BCUT2D eigenvalue weighted by molar-refractivity contribution is 0.0733. The molecule has 2 aliphatic rings. The predicted molar refractivity (Wildman–Crippen MR) is 75.5 cm³/mol. The highest BCUT2D eigenvalue weighted by atomic mass is 32.1. The third-order valence-corrected chi connectivity index (χ3v) is 4.40. The zero-order valence-corrected chi connectivity index (χ0v) is 12.1. The van der Waals surface area contributed by atoms with Gasteiger partial charge in [0, 0.05) is 19.1 Å². The molecular weight excluding hydrogens is 260 g/mol. The van der Waals surface area contributed by atoms with Crippen molar-refractivity contribution in [2.75, 3.05) is 18.4 Å². The molecule has 2 saturated carbocycles. The van der Waals surface area contributed by atoms with Crippen LogP contribution in [0.2, 0.25) is 0 Å². The van der Waals surface area contributed by atoms with Gasteiger partial charge in [0.05, 0.1) is 0 Å². The van der Waals surface area contributed by atoms with E-state index in [2.05, 4.69) is 22.4 Å². The Kier molecular flexibility index (Phi) is 3.68. The van der Waals surface area contributed by atoms with Crippen LogP contribution >= 0.6 is 11.3 Å². The van der Waals surface area contributed by atoms with Gasteiger partial charge in [-0.15, -0.1) is 10.2 Å². The SMILES string of the molecule is CCCNc1nnc(C(=O)N(CC2CC2)C2CC2)s1. The Labute approximate surface area is 117 Å². The molecule has 5 nitrogen and oxygen atoms in total. The molecule has 1 aromatic rings. The number of carbonyl (C=O) groups is 1. The van der Waals surface area contributed by atoms with Gasteiger partial charge in [-0.1, -0.05) is 18.3 Å². The molecule has 0 unspecified atom stereocenters. The Bertz CT molecular complexity index is 453. The van der Waals surface area contributed by atoms with Crippen LogP contribution in [0.1, 0.15) is 48.8 Å². The van der Waals surface area contributed by atoms with E-state index >= 15 is 0 Å². The summed E-state index contributed by atoms with van der Waals surface area (Å²) in [5.41, 5.74) is 0. The van der Waals surface area contributed by atoms with Crippen LogP contribution < -0.4 is 5.32 Å². The summed E-state index contributed by atoms with van der Waals surface area (Å²) in [5.74, 6) is 0.812. The quantitative estimate of drug-likeness (QED) is 0.833. The molecule has 6 heteroatoms. The smallest absolute Gasteiger partial charge is 0.285 e. The topological polar surface area (TPSA) is 58.1 Å². The molecule has 0 aromatic carbocycles. The fourth-order valence-corrected chi connectivity index (χ4v) is 2.82. The van der Waals surface area contributed by atoms with Gasteiger partial charge in [0.25, 0.3) is 5.91 Å². The lowest BCUT2D eigenvalue weighted by Gasteiger charge is -2.20. The molecule has 19 heavy (non-hydrogen) atoms. The molecular formula is C13H20N4OS. The van der Waals surface area contributed by atoms with E-state index in [1.54, 1.807) is 0 Å². The number of anilines is 1. The van der Waals surface area contributed by atoms with Gasteiger partial charge in [-0.3, -0.25) is 4.79 Å². The molecule has 0 radical (unpaired) electrons. The van der Waals surface area contributed by atoms with Gasteiger partial charge in [-0.05, 0) is 38.0 Å². The van der Waals surface area contributed by atoms with Gasteiger partial charge in [0.15, 0.2) is 0 Å². The number of nitrogens with one attached hydrogen (secondary N) is 1. The van der Waals surface area contributed by atoms with Crippen molar-refractivity contribution in [3.63, 3.8) is 0 Å². The highest BCUT2D eigenvalue weighted by Gasteiger charge is 2.37. The van der Waals surface area contributed by atoms with E-state index in [1.807, 2.05) is 4.90 Å². The number of hydrogen-bond donors (Lipinski definition) is 1. The molecule has 1 N–H and O–H groups in total. The number of hydrogen-bond acceptors (Lipinski definition) is 5. The van der Waals surface area contributed by atoms with Crippen molar-refractivity contribution in [3.05, 3.63) is 5.01 Å². The average molecular weight is 280 g/mol. The minimum Gasteiger partial charge on any atom is -0.360 e. The third kappa shape index (κ3) is 3.23. The molecule has 1 aromatic heterocycles. The summed E-state index contributed by atoms with van der Waals surface area (Å²) in [4.78, 5) is 14.5. The first kappa shape index (κ1) is 12.8. The van der Waals surface area contributed by atoms with E-state index in [4.69, 9.17) is 0 Å². The van der Waals surface area contributed by atoms with Crippen molar-refractivity contribution in [3.8, 4) is 0 Å². The maximum absolute atomic E-state index is 12.5. The predicted octanol–water partition coefficient (Wildman–Crippen LogP) is 2.37. The fraction of sp³-hybridized carbons (Fsp3) is 0.769. The molecule has 0 atom stereocenters. The van der Waals surface area contributed by atoms with E-state index in [-0.39, 0.29) is 5.91 Å². The zero-order chi connectivity index (χ0) is 13.2. The van der Waals surface area contributed by atoms with Crippen molar-refractivity contribution in [2.45, 2.75) is 45.1 Å². The Morgan fingerprint density at radius 3 is 2.79 bits per heavy atom. The molecule has 1 amide bonds. The first-order valence-corrected chi connectivity index (χ1v) is 7.98. The van der Waals surface area contributed by atoms with Crippen molar-refractivity contribution in [2.24, 2.45) is 5.92 Å². The zero-order valence-electron chi connectivity index (χ0n) is 11.3. The maximum atomic E-state index is 12.5. The van der Waals surface area contributed by atoms with Crippen molar-refractivity contribution in [1.29, 1.82) is 0 Å². The van der Waals surface area contributed by atoms with Gasteiger partial charge in [0.2, 0.25) is 10.1 Å². The molecule has 0 aliphatic heterocycles. The van der Waals surface area contributed by atoms with E-state index in [0.717, 1.165) is 43.4 Å². The van der Waals surface area contributed by atoms with Gasteiger partial charge >= 0.3 is 0 Å². The Balaban J connectivity index is 1.64. The van der Waals surface area contributed by atoms with Crippen LogP contribution in [0.4, 0.5) is 5.13 Å². The summed E-state index contributed by atoms with van der Waals surface area (Å²) in [6, 6.07) is 0.462. The lowest BCUT2D eigenvalue weighted by Crippen LogP contribution is -2.34. The van der Waals surface area contributed by atoms with E-state index in [0.29, 0.717) is 11.0 Å². The van der Waals surface area contributed by atoms with Crippen LogP contribution in [0.3, 0.4) is 0 Å². The van der Waals surface area contributed by atoms with Crippen LogP contribution in [-0.4, -0.2) is 40.1 Å². The first-order valence-electron chi connectivity index (χ1n) is 7.16. The number of rotatable bonds is 7. The molecule has 0 bridgehead atoms. The highest BCUT2D eigenvalue weighted by molar-refractivity contribution is 7.17. The second-order valence-corrected chi connectivity index (χ2v) is 6.45. The summed E-state index contributed by atoms with van der Waals surface area (Å²) < 4.78 is 0. The van der Waals surface area contributed by atoms with Crippen LogP contribution in [-0.2, 0) is 0 Å². The third-order valence-electron chi connectivity index (χ3n) is 3.53. The van der Waals surface area contributed by atoms with Crippen molar-refractivity contribution >= 4 is 22.4 Å². The van der Waals surface area contributed by atoms with Gasteiger partial charge < -0.3 is 10.2 Å². The molecule has 0 saturated heterocycles. The van der Waals surface area contributed by atoms with Gasteiger partial charge in [0.1, 0.15) is 0 Å². The van der Waals surface area contributed by atoms with Crippen molar-refractivity contribution in [1.82, 2.24) is 15.1 Å². The molecule has 1 heterocycles. The van der Waals surface area contributed by atoms with E-state index < -0.39 is 0 Å². The van der Waals surface area contributed by atoms with E-state index in [1.165, 1.54) is 24.2 Å². The Morgan fingerprint density at radius 1 is 1.37 bits per heavy atom. The summed E-state index contributed by atoms with van der Waals surface area (Å²) >= 11 is 1.38. The normalized spacial score (nSPS) is 18.4. The Hall–Kier alpha value is -1.17. The van der Waals surface area contributed by atoms with Crippen LogP contribution in [0.5, 0.6) is 0 Å². The summed E-state index contributed by atoms with van der Waals surface area (Å²) in [6.07, 6.45) is 5.89. The van der Waals surface area contributed by atoms with Crippen LogP contribution in [0.15, 0.2) is 0 Å². The number of nitrogens with zero attached hydrogens (tertiary/aromatic N) is 3. The molecule has 3 rings (SSSR count). The molecule has 2 fully saturated rings. The lowest BCUT2D eigenvalue weighted by atomic mass is 10.3. The molecule has 104 valence electrons. The fourth-order valence-electron chi connectivity index (χ4n) is 2.10. The largest absolute Gasteiger partial charge is 0.360 e. The average Bonchev–Trinajstić information content (AvgIpc) is 3.32. The second-order valence-electron chi connectivity index (χ2n) is 5.47. The monoisotopic (exact) mass is 280 g/mol. The molecule has 0 spiro atoms. The van der Waals surface area contributed by atoms with Gasteiger partial charge in [-0.2, -0.15) is 0 Å². The summed E-state index contributed by atoms with van der Waals surface area (Å²) in [5, 5.41) is 12.6. The minimum atomic E-state index is 0.0800. The standard InChI is InChI=1S/C13H20N4OS/c1-2-7-14-13-16-15-11(19-13)12(18)17(10-5-6-10)8-9-3-4-9/h9-10H,2-8H2,1H3,(H,14,16).